The fourth-order valence-corrected chi connectivity index (χ4v) is 5.43. The van der Waals surface area contributed by atoms with Crippen molar-refractivity contribution in [2.45, 2.75) is 82.6 Å². The van der Waals surface area contributed by atoms with Crippen molar-refractivity contribution in [1.82, 2.24) is 5.32 Å². The van der Waals surface area contributed by atoms with E-state index in [0.717, 1.165) is 30.6 Å². The quantitative estimate of drug-likeness (QED) is 0.534. The third kappa shape index (κ3) is 2.98. The molecule has 2 aliphatic carbocycles. The van der Waals surface area contributed by atoms with Crippen molar-refractivity contribution >= 4 is 12.1 Å². The summed E-state index contributed by atoms with van der Waals surface area (Å²) in [6.45, 7) is 9.39. The zero-order chi connectivity index (χ0) is 21.3. The highest BCUT2D eigenvalue weighted by Gasteiger charge is 2.40. The Morgan fingerprint density at radius 3 is 2.43 bits per heavy atom. The van der Waals surface area contributed by atoms with Gasteiger partial charge in [-0.05, 0) is 59.3 Å². The fraction of sp³-hybridized carbons (Fsp3) is 0.520. The first-order valence-electron chi connectivity index (χ1n) is 11.0. The van der Waals surface area contributed by atoms with Gasteiger partial charge in [0, 0.05) is 17.9 Å². The summed E-state index contributed by atoms with van der Waals surface area (Å²) in [5, 5.41) is 2.54. The summed E-state index contributed by atoms with van der Waals surface area (Å²) in [5.74, 6) is 1.04. The molecule has 1 saturated heterocycles. The Kier molecular flexibility index (Phi) is 4.18. The van der Waals surface area contributed by atoms with Crippen molar-refractivity contribution in [2.24, 2.45) is 0 Å². The minimum Gasteiger partial charge on any atom is -0.463 e. The molecule has 2 heterocycles. The number of cyclic esters (lactones) is 2. The van der Waals surface area contributed by atoms with Crippen LogP contribution in [0.3, 0.4) is 0 Å². The van der Waals surface area contributed by atoms with Gasteiger partial charge in [-0.2, -0.15) is 0 Å². The summed E-state index contributed by atoms with van der Waals surface area (Å²) in [5.41, 5.74) is 5.73. The van der Waals surface area contributed by atoms with Gasteiger partial charge in [0.05, 0.1) is 0 Å². The predicted molar refractivity (Wildman–Crippen MR) is 113 cm³/mol. The fourth-order valence-electron chi connectivity index (χ4n) is 5.43. The molecule has 2 atom stereocenters. The van der Waals surface area contributed by atoms with E-state index in [9.17, 15) is 9.59 Å². The number of nitrogens with one attached hydrogen (secondary N) is 1. The Hall–Kier alpha value is -2.56. The van der Waals surface area contributed by atoms with Gasteiger partial charge in [-0.25, -0.2) is 9.59 Å². The molecule has 1 fully saturated rings. The van der Waals surface area contributed by atoms with Crippen LogP contribution >= 0.6 is 0 Å². The Bertz CT molecular complexity index is 1050. The van der Waals surface area contributed by atoms with E-state index >= 15 is 0 Å². The van der Waals surface area contributed by atoms with Crippen molar-refractivity contribution in [2.75, 3.05) is 0 Å². The average Bonchev–Trinajstić information content (AvgIpc) is 3.27. The summed E-state index contributed by atoms with van der Waals surface area (Å²) in [6, 6.07) is 8.13. The highest BCUT2D eigenvalue weighted by atomic mass is 16.6. The lowest BCUT2D eigenvalue weighted by Crippen LogP contribution is -2.34. The number of carbonyl (C=O) groups excluding carboxylic acids is 2. The minimum atomic E-state index is -0.841. The van der Waals surface area contributed by atoms with E-state index in [-0.39, 0.29) is 16.7 Å². The van der Waals surface area contributed by atoms with Gasteiger partial charge in [-0.3, -0.25) is 0 Å². The zero-order valence-electron chi connectivity index (χ0n) is 18.1. The summed E-state index contributed by atoms with van der Waals surface area (Å²) in [7, 11) is 0. The first-order valence-corrected chi connectivity index (χ1v) is 11.0. The third-order valence-corrected chi connectivity index (χ3v) is 7.39. The Morgan fingerprint density at radius 2 is 1.73 bits per heavy atom. The minimum absolute atomic E-state index is 0.164. The van der Waals surface area contributed by atoms with Crippen LogP contribution in [0.25, 0.3) is 0 Å². The maximum absolute atomic E-state index is 12.0. The van der Waals surface area contributed by atoms with E-state index < -0.39 is 18.1 Å². The van der Waals surface area contributed by atoms with E-state index in [4.69, 9.17) is 4.42 Å². The van der Waals surface area contributed by atoms with Crippen molar-refractivity contribution < 1.29 is 18.7 Å². The molecule has 2 aromatic rings. The molecular formula is C25H29NO4. The molecule has 1 aromatic carbocycles. The second-order valence-electron chi connectivity index (χ2n) is 10.3. The molecule has 1 aliphatic heterocycles. The molecule has 5 nitrogen and oxygen atoms in total. The molecule has 0 spiro atoms. The molecular weight excluding hydrogens is 378 g/mol. The molecule has 0 saturated carbocycles. The van der Waals surface area contributed by atoms with Crippen LogP contribution in [0.5, 0.6) is 0 Å². The highest BCUT2D eigenvalue weighted by Crippen LogP contribution is 2.48. The van der Waals surface area contributed by atoms with Crippen LogP contribution in [0.4, 0.5) is 4.79 Å². The number of esters is 1. The number of amides is 1. The Morgan fingerprint density at radius 1 is 1.00 bits per heavy atom. The van der Waals surface area contributed by atoms with Crippen LogP contribution in [-0.2, 0) is 26.8 Å². The van der Waals surface area contributed by atoms with Gasteiger partial charge in [0.2, 0.25) is 0 Å². The van der Waals surface area contributed by atoms with Crippen LogP contribution in [0.2, 0.25) is 0 Å². The van der Waals surface area contributed by atoms with Crippen molar-refractivity contribution in [1.29, 1.82) is 0 Å². The molecule has 2 unspecified atom stereocenters. The number of ether oxygens (including phenoxy) is 1. The van der Waals surface area contributed by atoms with Crippen LogP contribution < -0.4 is 5.32 Å². The summed E-state index contributed by atoms with van der Waals surface area (Å²) in [6.07, 6.45) is 4.62. The molecule has 0 radical (unpaired) electrons. The number of fused-ring (bicyclic) bond motifs is 2. The zero-order valence-corrected chi connectivity index (χ0v) is 18.1. The predicted octanol–water partition coefficient (Wildman–Crippen LogP) is 5.40. The van der Waals surface area contributed by atoms with Crippen LogP contribution in [0.1, 0.15) is 99.1 Å². The van der Waals surface area contributed by atoms with Gasteiger partial charge in [0.1, 0.15) is 11.5 Å². The lowest BCUT2D eigenvalue weighted by molar-refractivity contribution is -0.135. The second kappa shape index (κ2) is 6.47. The third-order valence-electron chi connectivity index (χ3n) is 7.39. The number of rotatable bonds is 2. The number of furan rings is 1. The number of carbonyl (C=O) groups is 2. The summed E-state index contributed by atoms with van der Waals surface area (Å²) >= 11 is 0. The molecule has 1 amide bonds. The first kappa shape index (κ1) is 19.4. The normalized spacial score (nSPS) is 26.5. The first-order chi connectivity index (χ1) is 14.2. The van der Waals surface area contributed by atoms with Crippen LogP contribution in [-0.4, -0.2) is 12.1 Å². The standard InChI is InChI=1S/C25H29NO4/c1-24(2)10-11-25(3,4)18-12-14(8-9-17(18)24)15-6-5-7-19-16(15)13-20(29-19)21-22(27)30-23(28)26-21/h8-9,12-13,15,21H,5-7,10-11H2,1-4H3,(H,26,28). The second-order valence-corrected chi connectivity index (χ2v) is 10.3. The van der Waals surface area contributed by atoms with Gasteiger partial charge in [0.15, 0.2) is 6.04 Å². The molecule has 3 aliphatic rings. The van der Waals surface area contributed by atoms with E-state index in [1.54, 1.807) is 0 Å². The number of alkyl carbamates (subject to hydrolysis) is 1. The number of hydrogen-bond acceptors (Lipinski definition) is 4. The molecule has 1 aromatic heterocycles. The van der Waals surface area contributed by atoms with E-state index in [2.05, 4.69) is 55.9 Å². The largest absolute Gasteiger partial charge is 0.463 e. The van der Waals surface area contributed by atoms with Crippen LogP contribution in [0.15, 0.2) is 28.7 Å². The SMILES string of the molecule is CC1(C)CCC(C)(C)c2cc(C3CCCc4oc(C5NC(=O)OC5=O)cc43)ccc21. The van der Waals surface area contributed by atoms with E-state index in [1.807, 2.05) is 6.07 Å². The van der Waals surface area contributed by atoms with Crippen LogP contribution in [0, 0.1) is 0 Å². The molecule has 1 N–H and O–H groups in total. The van der Waals surface area contributed by atoms with E-state index in [1.165, 1.54) is 29.5 Å². The molecule has 5 heteroatoms. The van der Waals surface area contributed by atoms with Gasteiger partial charge < -0.3 is 14.5 Å². The topological polar surface area (TPSA) is 68.5 Å². The maximum Gasteiger partial charge on any atom is 0.416 e. The molecule has 158 valence electrons. The summed E-state index contributed by atoms with van der Waals surface area (Å²) < 4.78 is 10.7. The van der Waals surface area contributed by atoms with Crippen molar-refractivity contribution in [3.63, 3.8) is 0 Å². The number of benzene rings is 1. The monoisotopic (exact) mass is 407 g/mol. The highest BCUT2D eigenvalue weighted by molar-refractivity contribution is 5.95. The van der Waals surface area contributed by atoms with Gasteiger partial charge in [-0.15, -0.1) is 0 Å². The maximum atomic E-state index is 12.0. The van der Waals surface area contributed by atoms with Gasteiger partial charge in [0.25, 0.3) is 0 Å². The lowest BCUT2D eigenvalue weighted by Gasteiger charge is -2.42. The molecule has 30 heavy (non-hydrogen) atoms. The number of hydrogen-bond donors (Lipinski definition) is 1. The number of aryl methyl sites for hydroxylation is 1. The average molecular weight is 408 g/mol. The van der Waals surface area contributed by atoms with Gasteiger partial charge in [-0.1, -0.05) is 45.9 Å². The van der Waals surface area contributed by atoms with Gasteiger partial charge >= 0.3 is 12.1 Å². The van der Waals surface area contributed by atoms with Crippen molar-refractivity contribution in [3.8, 4) is 0 Å². The molecule has 0 bridgehead atoms. The molecule has 5 rings (SSSR count). The lowest BCUT2D eigenvalue weighted by atomic mass is 9.62. The van der Waals surface area contributed by atoms with E-state index in [0.29, 0.717) is 5.76 Å². The Balaban J connectivity index is 1.54. The summed E-state index contributed by atoms with van der Waals surface area (Å²) in [4.78, 5) is 23.4. The smallest absolute Gasteiger partial charge is 0.416 e. The van der Waals surface area contributed by atoms with Crippen molar-refractivity contribution in [3.05, 3.63) is 58.0 Å². The Labute approximate surface area is 177 Å².